The molecule has 0 radical (unpaired) electrons. The predicted octanol–water partition coefficient (Wildman–Crippen LogP) is 6.24. The lowest BCUT2D eigenvalue weighted by atomic mass is 9.67. The molecule has 1 aromatic carbocycles. The van der Waals surface area contributed by atoms with Gasteiger partial charge < -0.3 is 19.5 Å². The van der Waals surface area contributed by atoms with E-state index in [1.807, 2.05) is 13.0 Å². The van der Waals surface area contributed by atoms with E-state index in [-0.39, 0.29) is 29.1 Å². The van der Waals surface area contributed by atoms with Crippen molar-refractivity contribution in [2.75, 3.05) is 19.8 Å². The van der Waals surface area contributed by atoms with Crippen molar-refractivity contribution >= 4 is 14.0 Å². The summed E-state index contributed by atoms with van der Waals surface area (Å²) in [6.07, 6.45) is 5.68. The summed E-state index contributed by atoms with van der Waals surface area (Å²) in [6, 6.07) is 10.4. The van der Waals surface area contributed by atoms with Gasteiger partial charge in [0.2, 0.25) is 11.7 Å². The molecule has 1 spiro atoms. The van der Waals surface area contributed by atoms with E-state index in [2.05, 4.69) is 70.0 Å². The number of ether oxygens (including phenoxy) is 3. The second kappa shape index (κ2) is 12.3. The number of nitrogens with one attached hydrogen (secondary N) is 1. The molecule has 4 rings (SSSR count). The summed E-state index contributed by atoms with van der Waals surface area (Å²) in [7, 11) is -1.82. The fourth-order valence-electron chi connectivity index (χ4n) is 6.06. The smallest absolute Gasteiger partial charge is 0.220 e. The van der Waals surface area contributed by atoms with Crippen molar-refractivity contribution < 1.29 is 28.8 Å². The van der Waals surface area contributed by atoms with E-state index in [1.54, 1.807) is 0 Å². The zero-order valence-electron chi connectivity index (χ0n) is 25.2. The molecule has 2 heterocycles. The molecular formula is C31H51NO6Si. The Morgan fingerprint density at radius 1 is 1.05 bits per heavy atom. The minimum Gasteiger partial charge on any atom is -0.356 e. The number of carbonyl (C=O) groups is 1. The van der Waals surface area contributed by atoms with Crippen LogP contribution in [0.2, 0.25) is 19.6 Å². The molecule has 1 aromatic rings. The van der Waals surface area contributed by atoms with Crippen LogP contribution >= 0.6 is 0 Å². The Bertz CT molecular complexity index is 940. The first-order chi connectivity index (χ1) is 18.3. The molecule has 5 atom stereocenters. The second-order valence-corrected chi connectivity index (χ2v) is 19.3. The van der Waals surface area contributed by atoms with E-state index >= 15 is 0 Å². The van der Waals surface area contributed by atoms with E-state index in [0.717, 1.165) is 38.5 Å². The standard InChI is InChI=1S/C31H51NO6Si/c1-23-15-16-25(20-27(33)32-19-11-14-24-12-9-8-10-13-24)31(36-28(37-38-31)39(5,6)7)26(23)17-18-30(4)34-21-29(2,3)22-35-30/h8-10,12-13,23,25-26,28H,11,14-22H2,1-7H3,(H,32,33)/t23-,25?,26+,28?,31?/m1/s1. The molecule has 3 unspecified atom stereocenters. The third-order valence-electron chi connectivity index (χ3n) is 8.69. The Morgan fingerprint density at radius 3 is 2.38 bits per heavy atom. The largest absolute Gasteiger partial charge is 0.356 e. The molecule has 2 aliphatic heterocycles. The van der Waals surface area contributed by atoms with Crippen LogP contribution in [0.25, 0.3) is 0 Å². The SMILES string of the molecule is C[C@@H]1CCC(CC(=O)NCCCc2ccccc2)C2(OOC([Si](C)(C)C)O2)[C@H]1CCC1(C)OCC(C)(C)CO1. The van der Waals surface area contributed by atoms with E-state index in [0.29, 0.717) is 32.1 Å². The Kier molecular flexibility index (Phi) is 9.66. The van der Waals surface area contributed by atoms with Crippen molar-refractivity contribution in [1.82, 2.24) is 5.32 Å². The number of rotatable bonds is 10. The lowest BCUT2D eigenvalue weighted by Gasteiger charge is -2.48. The molecule has 0 bridgehead atoms. The van der Waals surface area contributed by atoms with Crippen LogP contribution in [0.4, 0.5) is 0 Å². The Hall–Kier alpha value is -1.29. The molecule has 7 nitrogen and oxygen atoms in total. The Balaban J connectivity index is 1.42. The number of amides is 1. The van der Waals surface area contributed by atoms with Gasteiger partial charge in [-0.1, -0.05) is 70.7 Å². The minimum atomic E-state index is -1.82. The Labute approximate surface area is 236 Å². The van der Waals surface area contributed by atoms with Gasteiger partial charge in [0.15, 0.2) is 11.7 Å². The van der Waals surface area contributed by atoms with E-state index < -0.39 is 19.6 Å². The van der Waals surface area contributed by atoms with Crippen LogP contribution in [0.3, 0.4) is 0 Å². The predicted molar refractivity (Wildman–Crippen MR) is 154 cm³/mol. The second-order valence-electron chi connectivity index (χ2n) is 14.1. The summed E-state index contributed by atoms with van der Waals surface area (Å²) < 4.78 is 19.2. The zero-order chi connectivity index (χ0) is 28.3. The van der Waals surface area contributed by atoms with Crippen LogP contribution in [-0.2, 0) is 35.2 Å². The van der Waals surface area contributed by atoms with Gasteiger partial charge in [-0.05, 0) is 50.5 Å². The van der Waals surface area contributed by atoms with Crippen LogP contribution in [0.5, 0.6) is 0 Å². The molecule has 2 saturated heterocycles. The van der Waals surface area contributed by atoms with Gasteiger partial charge in [-0.2, -0.15) is 4.89 Å². The van der Waals surface area contributed by atoms with E-state index in [9.17, 15) is 4.79 Å². The molecule has 1 saturated carbocycles. The van der Waals surface area contributed by atoms with Crippen molar-refractivity contribution in [2.24, 2.45) is 23.2 Å². The molecule has 8 heteroatoms. The van der Waals surface area contributed by atoms with Gasteiger partial charge in [0.1, 0.15) is 8.07 Å². The van der Waals surface area contributed by atoms with E-state index in [1.165, 1.54) is 5.56 Å². The maximum absolute atomic E-state index is 13.2. The fourth-order valence-corrected chi connectivity index (χ4v) is 6.93. The minimum absolute atomic E-state index is 0.0223. The molecular weight excluding hydrogens is 510 g/mol. The topological polar surface area (TPSA) is 75.3 Å². The normalized spacial score (nSPS) is 32.3. The monoisotopic (exact) mass is 561 g/mol. The van der Waals surface area contributed by atoms with Crippen molar-refractivity contribution in [1.29, 1.82) is 0 Å². The van der Waals surface area contributed by atoms with Crippen molar-refractivity contribution in [3.63, 3.8) is 0 Å². The lowest BCUT2D eigenvalue weighted by Crippen LogP contribution is -2.55. The van der Waals surface area contributed by atoms with Gasteiger partial charge in [0, 0.05) is 36.6 Å². The summed E-state index contributed by atoms with van der Waals surface area (Å²) in [4.78, 5) is 25.3. The number of hydrogen-bond donors (Lipinski definition) is 1. The highest BCUT2D eigenvalue weighted by Gasteiger charge is 2.60. The summed E-state index contributed by atoms with van der Waals surface area (Å²) in [5.74, 6) is -1.51. The van der Waals surface area contributed by atoms with Gasteiger partial charge in [-0.25, -0.2) is 4.89 Å². The summed E-state index contributed by atoms with van der Waals surface area (Å²) in [5.41, 5.74) is 1.31. The molecule has 1 amide bonds. The molecule has 0 aromatic heterocycles. The van der Waals surface area contributed by atoms with Gasteiger partial charge in [0.05, 0.1) is 13.2 Å². The van der Waals surface area contributed by atoms with Gasteiger partial charge in [-0.3, -0.25) is 4.79 Å². The zero-order valence-corrected chi connectivity index (χ0v) is 26.2. The number of carbonyl (C=O) groups excluding carboxylic acids is 1. The van der Waals surface area contributed by atoms with Crippen LogP contribution in [-0.4, -0.2) is 51.2 Å². The summed E-state index contributed by atoms with van der Waals surface area (Å²) in [6.45, 7) is 17.3. The third kappa shape index (κ3) is 7.71. The molecule has 39 heavy (non-hydrogen) atoms. The molecule has 3 aliphatic rings. The van der Waals surface area contributed by atoms with Gasteiger partial charge in [-0.15, -0.1) is 0 Å². The number of aryl methyl sites for hydroxylation is 1. The van der Waals surface area contributed by atoms with Crippen molar-refractivity contribution in [2.45, 2.75) is 110 Å². The van der Waals surface area contributed by atoms with Crippen molar-refractivity contribution in [3.05, 3.63) is 35.9 Å². The average Bonchev–Trinajstić information content (AvgIpc) is 3.33. The first-order valence-electron chi connectivity index (χ1n) is 14.9. The highest BCUT2D eigenvalue weighted by molar-refractivity contribution is 6.77. The van der Waals surface area contributed by atoms with Crippen molar-refractivity contribution in [3.8, 4) is 0 Å². The van der Waals surface area contributed by atoms with Crippen LogP contribution < -0.4 is 5.32 Å². The number of benzene rings is 1. The quantitative estimate of drug-likeness (QED) is 0.207. The maximum Gasteiger partial charge on any atom is 0.220 e. The first kappa shape index (κ1) is 30.7. The van der Waals surface area contributed by atoms with Crippen LogP contribution in [0, 0.1) is 23.2 Å². The summed E-state index contributed by atoms with van der Waals surface area (Å²) in [5, 5.41) is 3.15. The number of hydrogen-bond acceptors (Lipinski definition) is 6. The highest BCUT2D eigenvalue weighted by Crippen LogP contribution is 2.53. The highest BCUT2D eigenvalue weighted by atomic mass is 28.3. The van der Waals surface area contributed by atoms with Crippen LogP contribution in [0.15, 0.2) is 30.3 Å². The van der Waals surface area contributed by atoms with Gasteiger partial charge in [0.25, 0.3) is 0 Å². The maximum atomic E-state index is 13.2. The molecule has 3 fully saturated rings. The fraction of sp³-hybridized carbons (Fsp3) is 0.774. The first-order valence-corrected chi connectivity index (χ1v) is 18.5. The van der Waals surface area contributed by atoms with Gasteiger partial charge >= 0.3 is 0 Å². The van der Waals surface area contributed by atoms with E-state index in [4.69, 9.17) is 24.0 Å². The molecule has 1 N–H and O–H groups in total. The molecule has 220 valence electrons. The summed E-state index contributed by atoms with van der Waals surface area (Å²) >= 11 is 0. The lowest BCUT2D eigenvalue weighted by molar-refractivity contribution is -0.370. The van der Waals surface area contributed by atoms with Crippen LogP contribution in [0.1, 0.15) is 71.8 Å². The Morgan fingerprint density at radius 2 is 1.74 bits per heavy atom. The molecule has 1 aliphatic carbocycles. The average molecular weight is 562 g/mol. The third-order valence-corrected chi connectivity index (χ3v) is 10.3.